The highest BCUT2D eigenvalue weighted by molar-refractivity contribution is 5.80. The fraction of sp³-hybridized carbons (Fsp3) is 0.923. The van der Waals surface area contributed by atoms with Gasteiger partial charge in [-0.1, -0.05) is 20.3 Å². The summed E-state index contributed by atoms with van der Waals surface area (Å²) in [4.78, 5) is 14.6. The summed E-state index contributed by atoms with van der Waals surface area (Å²) >= 11 is 0. The van der Waals surface area contributed by atoms with Crippen LogP contribution in [0.3, 0.4) is 0 Å². The molecule has 2 unspecified atom stereocenters. The lowest BCUT2D eigenvalue weighted by atomic mass is 9.81. The van der Waals surface area contributed by atoms with E-state index in [2.05, 4.69) is 18.7 Å². The van der Waals surface area contributed by atoms with E-state index in [-0.39, 0.29) is 11.3 Å². The number of carbonyl (C=O) groups is 1. The Morgan fingerprint density at radius 2 is 2.12 bits per heavy atom. The van der Waals surface area contributed by atoms with E-state index in [0.717, 1.165) is 25.8 Å². The van der Waals surface area contributed by atoms with Gasteiger partial charge in [-0.3, -0.25) is 4.79 Å². The zero-order valence-electron chi connectivity index (χ0n) is 10.5. The van der Waals surface area contributed by atoms with Gasteiger partial charge in [0.2, 0.25) is 5.91 Å². The molecule has 1 heterocycles. The molecule has 1 amide bonds. The summed E-state index contributed by atoms with van der Waals surface area (Å²) in [6, 6.07) is 0.309. The first-order valence-corrected chi connectivity index (χ1v) is 6.57. The Hall–Kier alpha value is -0.570. The molecular formula is C13H24N2O. The average molecular weight is 224 g/mol. The number of hydrogen-bond acceptors (Lipinski definition) is 2. The summed E-state index contributed by atoms with van der Waals surface area (Å²) in [6.07, 6.45) is 5.67. The number of amides is 1. The van der Waals surface area contributed by atoms with Gasteiger partial charge in [0.05, 0.1) is 0 Å². The van der Waals surface area contributed by atoms with Gasteiger partial charge in [0.1, 0.15) is 0 Å². The molecule has 3 nitrogen and oxygen atoms in total. The van der Waals surface area contributed by atoms with Crippen LogP contribution in [0.2, 0.25) is 0 Å². The van der Waals surface area contributed by atoms with Crippen molar-refractivity contribution in [3.8, 4) is 0 Å². The van der Waals surface area contributed by atoms with Crippen LogP contribution in [0, 0.1) is 11.3 Å². The minimum absolute atomic E-state index is 0.193. The number of likely N-dealkylation sites (tertiary alicyclic amines) is 1. The standard InChI is InChI=1S/C13H24N2O/c1-13(2)7-3-6-11(13)12(16)15-8-4-5-10(15)9-14/h10-11H,3-9,14H2,1-2H3. The van der Waals surface area contributed by atoms with Crippen molar-refractivity contribution >= 4 is 5.91 Å². The van der Waals surface area contributed by atoms with E-state index in [0.29, 0.717) is 18.5 Å². The SMILES string of the molecule is CC1(C)CCCC1C(=O)N1CCCC1CN. The summed E-state index contributed by atoms with van der Waals surface area (Å²) in [7, 11) is 0. The van der Waals surface area contributed by atoms with Gasteiger partial charge in [-0.2, -0.15) is 0 Å². The van der Waals surface area contributed by atoms with Crippen LogP contribution >= 0.6 is 0 Å². The van der Waals surface area contributed by atoms with Crippen LogP contribution in [-0.2, 0) is 4.79 Å². The fourth-order valence-electron chi connectivity index (χ4n) is 3.36. The maximum Gasteiger partial charge on any atom is 0.226 e. The van der Waals surface area contributed by atoms with Crippen molar-refractivity contribution in [3.05, 3.63) is 0 Å². The van der Waals surface area contributed by atoms with Crippen LogP contribution in [0.25, 0.3) is 0 Å². The number of carbonyl (C=O) groups excluding carboxylic acids is 1. The van der Waals surface area contributed by atoms with E-state index in [4.69, 9.17) is 5.73 Å². The highest BCUT2D eigenvalue weighted by Gasteiger charge is 2.43. The summed E-state index contributed by atoms with van der Waals surface area (Å²) in [6.45, 7) is 6.01. The number of nitrogens with two attached hydrogens (primary N) is 1. The third-order valence-electron chi connectivity index (χ3n) is 4.49. The Morgan fingerprint density at radius 3 is 2.69 bits per heavy atom. The van der Waals surface area contributed by atoms with E-state index in [9.17, 15) is 4.79 Å². The summed E-state index contributed by atoms with van der Waals surface area (Å²) in [5.74, 6) is 0.607. The number of nitrogens with zero attached hydrogens (tertiary/aromatic N) is 1. The minimum atomic E-state index is 0.193. The highest BCUT2D eigenvalue weighted by Crippen LogP contribution is 2.44. The molecule has 2 atom stereocenters. The molecule has 1 saturated heterocycles. The van der Waals surface area contributed by atoms with Crippen molar-refractivity contribution in [1.29, 1.82) is 0 Å². The van der Waals surface area contributed by atoms with Gasteiger partial charge in [-0.25, -0.2) is 0 Å². The van der Waals surface area contributed by atoms with Gasteiger partial charge < -0.3 is 10.6 Å². The Kier molecular flexibility index (Phi) is 3.24. The molecule has 2 fully saturated rings. The monoisotopic (exact) mass is 224 g/mol. The molecule has 2 rings (SSSR count). The highest BCUT2D eigenvalue weighted by atomic mass is 16.2. The van der Waals surface area contributed by atoms with Crippen LogP contribution in [0.5, 0.6) is 0 Å². The first-order valence-electron chi connectivity index (χ1n) is 6.57. The van der Waals surface area contributed by atoms with Crippen LogP contribution < -0.4 is 5.73 Å². The third-order valence-corrected chi connectivity index (χ3v) is 4.49. The first-order chi connectivity index (χ1) is 7.56. The molecule has 0 spiro atoms. The number of rotatable bonds is 2. The van der Waals surface area contributed by atoms with Crippen molar-refractivity contribution in [2.24, 2.45) is 17.1 Å². The maximum absolute atomic E-state index is 12.5. The molecule has 3 heteroatoms. The van der Waals surface area contributed by atoms with Gasteiger partial charge in [0.25, 0.3) is 0 Å². The Labute approximate surface area is 98.4 Å². The predicted octanol–water partition coefficient (Wildman–Crippen LogP) is 1.76. The third kappa shape index (κ3) is 1.97. The van der Waals surface area contributed by atoms with E-state index < -0.39 is 0 Å². The molecule has 16 heavy (non-hydrogen) atoms. The molecule has 0 radical (unpaired) electrons. The van der Waals surface area contributed by atoms with Crippen molar-refractivity contribution in [3.63, 3.8) is 0 Å². The number of hydrogen-bond donors (Lipinski definition) is 1. The van der Waals surface area contributed by atoms with Crippen LogP contribution in [0.4, 0.5) is 0 Å². The Morgan fingerprint density at radius 1 is 1.38 bits per heavy atom. The quantitative estimate of drug-likeness (QED) is 0.777. The molecule has 0 bridgehead atoms. The average Bonchev–Trinajstić information content (AvgIpc) is 2.82. The van der Waals surface area contributed by atoms with E-state index in [1.807, 2.05) is 0 Å². The smallest absolute Gasteiger partial charge is 0.226 e. The van der Waals surface area contributed by atoms with Gasteiger partial charge in [0, 0.05) is 25.0 Å². The Bertz CT molecular complexity index is 275. The minimum Gasteiger partial charge on any atom is -0.338 e. The lowest BCUT2D eigenvalue weighted by Gasteiger charge is -2.32. The second kappa shape index (κ2) is 4.36. The van der Waals surface area contributed by atoms with Crippen molar-refractivity contribution < 1.29 is 4.79 Å². The van der Waals surface area contributed by atoms with Crippen molar-refractivity contribution in [1.82, 2.24) is 4.90 Å². The molecule has 1 saturated carbocycles. The van der Waals surface area contributed by atoms with E-state index in [1.165, 1.54) is 12.8 Å². The zero-order chi connectivity index (χ0) is 11.8. The van der Waals surface area contributed by atoms with Crippen LogP contribution in [-0.4, -0.2) is 29.9 Å². The molecule has 92 valence electrons. The fourth-order valence-corrected chi connectivity index (χ4v) is 3.36. The molecule has 2 N–H and O–H groups in total. The molecule has 2 aliphatic rings. The van der Waals surface area contributed by atoms with E-state index in [1.54, 1.807) is 0 Å². The van der Waals surface area contributed by atoms with Gasteiger partial charge in [0.15, 0.2) is 0 Å². The van der Waals surface area contributed by atoms with Crippen LogP contribution in [0.1, 0.15) is 46.0 Å². The molecular weight excluding hydrogens is 200 g/mol. The van der Waals surface area contributed by atoms with E-state index >= 15 is 0 Å². The van der Waals surface area contributed by atoms with Gasteiger partial charge >= 0.3 is 0 Å². The largest absolute Gasteiger partial charge is 0.338 e. The summed E-state index contributed by atoms with van der Waals surface area (Å²) in [5.41, 5.74) is 5.93. The lowest BCUT2D eigenvalue weighted by Crippen LogP contribution is -2.45. The topological polar surface area (TPSA) is 46.3 Å². The predicted molar refractivity (Wildman–Crippen MR) is 64.9 cm³/mol. The molecule has 0 aromatic heterocycles. The van der Waals surface area contributed by atoms with Gasteiger partial charge in [-0.05, 0) is 31.1 Å². The summed E-state index contributed by atoms with van der Waals surface area (Å²) in [5, 5.41) is 0. The Balaban J connectivity index is 2.07. The maximum atomic E-state index is 12.5. The summed E-state index contributed by atoms with van der Waals surface area (Å²) < 4.78 is 0. The second-order valence-corrected chi connectivity index (χ2v) is 6.00. The van der Waals surface area contributed by atoms with Crippen molar-refractivity contribution in [2.75, 3.05) is 13.1 Å². The second-order valence-electron chi connectivity index (χ2n) is 6.00. The van der Waals surface area contributed by atoms with Crippen molar-refractivity contribution in [2.45, 2.75) is 52.0 Å². The van der Waals surface area contributed by atoms with Gasteiger partial charge in [-0.15, -0.1) is 0 Å². The first kappa shape index (κ1) is 11.9. The molecule has 1 aliphatic heterocycles. The van der Waals surface area contributed by atoms with Crippen LogP contribution in [0.15, 0.2) is 0 Å². The molecule has 0 aromatic carbocycles. The zero-order valence-corrected chi connectivity index (χ0v) is 10.5. The molecule has 1 aliphatic carbocycles. The molecule has 0 aromatic rings. The normalized spacial score (nSPS) is 33.3. The lowest BCUT2D eigenvalue weighted by molar-refractivity contribution is -0.139.